The molecule has 5 nitrogen and oxygen atoms in total. The van der Waals surface area contributed by atoms with E-state index in [1.807, 2.05) is 0 Å². The molecule has 0 saturated heterocycles. The molecule has 0 spiro atoms. The predicted octanol–water partition coefficient (Wildman–Crippen LogP) is 2.47. The Labute approximate surface area is 110 Å². The smallest absolute Gasteiger partial charge is 0.180 e. The van der Waals surface area contributed by atoms with Crippen molar-refractivity contribution in [1.82, 2.24) is 14.4 Å². The molecule has 0 amide bonds. The van der Waals surface area contributed by atoms with Gasteiger partial charge >= 0.3 is 0 Å². The molecule has 3 rings (SSSR count). The number of rotatable bonds is 2. The van der Waals surface area contributed by atoms with Crippen LogP contribution in [0.1, 0.15) is 0 Å². The third kappa shape index (κ3) is 2.00. The molecule has 0 bridgehead atoms. The van der Waals surface area contributed by atoms with Gasteiger partial charge in [-0.05, 0) is 0 Å². The van der Waals surface area contributed by atoms with Gasteiger partial charge in [-0.25, -0.2) is 23.1 Å². The fourth-order valence-electron chi connectivity index (χ4n) is 1.78. The van der Waals surface area contributed by atoms with E-state index in [-0.39, 0.29) is 17.3 Å². The third-order valence-corrected chi connectivity index (χ3v) is 2.66. The lowest BCUT2D eigenvalue weighted by Crippen LogP contribution is -2.04. The molecule has 0 saturated carbocycles. The van der Waals surface area contributed by atoms with E-state index in [0.29, 0.717) is 17.8 Å². The van der Waals surface area contributed by atoms with Gasteiger partial charge in [-0.3, -0.25) is 0 Å². The second-order valence-corrected chi connectivity index (χ2v) is 4.04. The highest BCUT2D eigenvalue weighted by atomic mass is 19.2. The number of aromatic nitrogens is 3. The van der Waals surface area contributed by atoms with E-state index in [1.165, 1.54) is 12.4 Å². The number of nitrogens with one attached hydrogen (secondary N) is 1. The molecule has 0 radical (unpaired) electrons. The number of halogens is 3. The van der Waals surface area contributed by atoms with Crippen LogP contribution in [-0.2, 0) is 0 Å². The molecular formula is C12H8F3N5. The van der Waals surface area contributed by atoms with Crippen LogP contribution in [0.3, 0.4) is 0 Å². The zero-order valence-corrected chi connectivity index (χ0v) is 9.94. The Balaban J connectivity index is 2.09. The summed E-state index contributed by atoms with van der Waals surface area (Å²) < 4.78 is 41.2. The maximum atomic E-state index is 13.6. The molecule has 0 fully saturated rings. The molecule has 3 aromatic rings. The van der Waals surface area contributed by atoms with Crippen LogP contribution < -0.4 is 11.1 Å². The second kappa shape index (κ2) is 4.41. The summed E-state index contributed by atoms with van der Waals surface area (Å²) in [4.78, 5) is 7.98. The number of nitrogens with zero attached hydrogens (tertiary/aromatic N) is 3. The highest BCUT2D eigenvalue weighted by Gasteiger charge is 2.13. The van der Waals surface area contributed by atoms with Crippen LogP contribution >= 0.6 is 0 Å². The minimum atomic E-state index is -1.26. The topological polar surface area (TPSA) is 68.2 Å². The molecule has 0 atom stereocenters. The van der Waals surface area contributed by atoms with Crippen LogP contribution in [0.25, 0.3) is 5.65 Å². The summed E-state index contributed by atoms with van der Waals surface area (Å²) in [5, 5.41) is 2.55. The molecule has 2 heterocycles. The van der Waals surface area contributed by atoms with Gasteiger partial charge in [-0.1, -0.05) is 0 Å². The number of nitrogen functional groups attached to an aromatic ring is 1. The van der Waals surface area contributed by atoms with Crippen molar-refractivity contribution in [3.05, 3.63) is 48.2 Å². The molecule has 1 aromatic carbocycles. The minimum absolute atomic E-state index is 0.139. The Morgan fingerprint density at radius 2 is 1.85 bits per heavy atom. The highest BCUT2D eigenvalue weighted by molar-refractivity contribution is 5.71. The van der Waals surface area contributed by atoms with Crippen LogP contribution in [0.4, 0.5) is 30.5 Å². The molecule has 0 aliphatic carbocycles. The van der Waals surface area contributed by atoms with Crippen LogP contribution in [-0.4, -0.2) is 14.4 Å². The Kier molecular flexibility index (Phi) is 2.70. The molecule has 8 heteroatoms. The molecule has 0 aliphatic heterocycles. The van der Waals surface area contributed by atoms with E-state index in [1.54, 1.807) is 10.6 Å². The van der Waals surface area contributed by atoms with E-state index in [9.17, 15) is 13.2 Å². The normalized spacial score (nSPS) is 10.9. The van der Waals surface area contributed by atoms with Crippen molar-refractivity contribution in [1.29, 1.82) is 0 Å². The molecular weight excluding hydrogens is 271 g/mol. The first-order chi connectivity index (χ1) is 9.54. The molecule has 0 unspecified atom stereocenters. The average molecular weight is 279 g/mol. The van der Waals surface area contributed by atoms with Crippen molar-refractivity contribution in [2.45, 2.75) is 0 Å². The lowest BCUT2D eigenvalue weighted by molar-refractivity contribution is 0.496. The monoisotopic (exact) mass is 279 g/mol. The summed E-state index contributed by atoms with van der Waals surface area (Å²) in [7, 11) is 0. The van der Waals surface area contributed by atoms with Crippen molar-refractivity contribution in [3.63, 3.8) is 0 Å². The first-order valence-corrected chi connectivity index (χ1v) is 5.55. The van der Waals surface area contributed by atoms with Gasteiger partial charge in [0.1, 0.15) is 11.6 Å². The van der Waals surface area contributed by atoms with Gasteiger partial charge in [-0.2, -0.15) is 0 Å². The average Bonchev–Trinajstić information content (AvgIpc) is 2.84. The Bertz CT molecular complexity index is 799. The first kappa shape index (κ1) is 12.3. The van der Waals surface area contributed by atoms with Crippen molar-refractivity contribution in [2.75, 3.05) is 11.1 Å². The second-order valence-electron chi connectivity index (χ2n) is 4.04. The van der Waals surface area contributed by atoms with Crippen molar-refractivity contribution < 1.29 is 13.2 Å². The van der Waals surface area contributed by atoms with E-state index in [2.05, 4.69) is 15.3 Å². The first-order valence-electron chi connectivity index (χ1n) is 5.55. The maximum Gasteiger partial charge on any atom is 0.180 e. The summed E-state index contributed by atoms with van der Waals surface area (Å²) in [6.45, 7) is 0. The molecule has 102 valence electrons. The standard InChI is InChI=1S/C12H8F3N5/c13-6-3-8(15)9(4-7(6)14)18-11-12-17-1-2-20(12)5-10(16)19-11/h1-5H,16H2,(H,18,19). The van der Waals surface area contributed by atoms with Crippen LogP contribution in [0, 0.1) is 17.5 Å². The largest absolute Gasteiger partial charge is 0.382 e. The van der Waals surface area contributed by atoms with Crippen molar-refractivity contribution in [2.24, 2.45) is 0 Å². The summed E-state index contributed by atoms with van der Waals surface area (Å²) in [5.41, 5.74) is 5.72. The molecule has 0 aliphatic rings. The third-order valence-electron chi connectivity index (χ3n) is 2.66. The van der Waals surface area contributed by atoms with Crippen LogP contribution in [0.5, 0.6) is 0 Å². The maximum absolute atomic E-state index is 13.6. The summed E-state index contributed by atoms with van der Waals surface area (Å²) >= 11 is 0. The zero-order valence-electron chi connectivity index (χ0n) is 9.94. The Morgan fingerprint density at radius 3 is 2.65 bits per heavy atom. The van der Waals surface area contributed by atoms with Gasteiger partial charge in [0, 0.05) is 24.5 Å². The molecule has 3 N–H and O–H groups in total. The fraction of sp³-hybridized carbons (Fsp3) is 0. The van der Waals surface area contributed by atoms with Gasteiger partial charge in [0.15, 0.2) is 23.1 Å². The molecule has 2 aromatic heterocycles. The van der Waals surface area contributed by atoms with Gasteiger partial charge < -0.3 is 15.5 Å². The Hall–Kier alpha value is -2.77. The van der Waals surface area contributed by atoms with Crippen LogP contribution in [0.2, 0.25) is 0 Å². The summed E-state index contributed by atoms with van der Waals surface area (Å²) in [6, 6.07) is 1.15. The van der Waals surface area contributed by atoms with Crippen LogP contribution in [0.15, 0.2) is 30.7 Å². The summed E-state index contributed by atoms with van der Waals surface area (Å²) in [6.07, 6.45) is 4.65. The number of hydrogen-bond donors (Lipinski definition) is 2. The number of nitrogens with two attached hydrogens (primary N) is 1. The van der Waals surface area contributed by atoms with Gasteiger partial charge in [-0.15, -0.1) is 0 Å². The quantitative estimate of drug-likeness (QED) is 0.707. The lowest BCUT2D eigenvalue weighted by Gasteiger charge is -2.09. The number of anilines is 3. The zero-order chi connectivity index (χ0) is 14.3. The van der Waals surface area contributed by atoms with E-state index in [4.69, 9.17) is 5.73 Å². The lowest BCUT2D eigenvalue weighted by atomic mass is 10.3. The SMILES string of the molecule is Nc1cn2ccnc2c(Nc2cc(F)c(F)cc2F)n1. The highest BCUT2D eigenvalue weighted by Crippen LogP contribution is 2.24. The number of fused-ring (bicyclic) bond motifs is 1. The summed E-state index contributed by atoms with van der Waals surface area (Å²) in [5.74, 6) is -3.07. The van der Waals surface area contributed by atoms with E-state index < -0.39 is 17.5 Å². The number of imidazole rings is 1. The van der Waals surface area contributed by atoms with E-state index >= 15 is 0 Å². The van der Waals surface area contributed by atoms with Gasteiger partial charge in [0.25, 0.3) is 0 Å². The van der Waals surface area contributed by atoms with Crippen molar-refractivity contribution in [3.8, 4) is 0 Å². The number of benzene rings is 1. The van der Waals surface area contributed by atoms with E-state index in [0.717, 1.165) is 0 Å². The fourth-order valence-corrected chi connectivity index (χ4v) is 1.78. The van der Waals surface area contributed by atoms with Gasteiger partial charge in [0.05, 0.1) is 11.9 Å². The number of hydrogen-bond acceptors (Lipinski definition) is 4. The molecule has 20 heavy (non-hydrogen) atoms. The predicted molar refractivity (Wildman–Crippen MR) is 67.0 cm³/mol. The Morgan fingerprint density at radius 1 is 1.10 bits per heavy atom. The minimum Gasteiger partial charge on any atom is -0.382 e. The van der Waals surface area contributed by atoms with Gasteiger partial charge in [0.2, 0.25) is 0 Å². The van der Waals surface area contributed by atoms with Crippen molar-refractivity contribution >= 4 is 23.0 Å².